The van der Waals surface area contributed by atoms with Crippen LogP contribution in [-0.4, -0.2) is 36.3 Å². The number of likely N-dealkylation sites (tertiary alicyclic amines) is 1. The Kier molecular flexibility index (Phi) is 4.79. The molecule has 1 atom stereocenters. The predicted octanol–water partition coefficient (Wildman–Crippen LogP) is 4.06. The number of hydrogen-bond acceptors (Lipinski definition) is 2. The Balaban J connectivity index is 1.12. The Labute approximate surface area is 169 Å². The summed E-state index contributed by atoms with van der Waals surface area (Å²) in [5, 5.41) is 3.18. The Hall–Kier alpha value is -1.32. The fourth-order valence-electron chi connectivity index (χ4n) is 7.75. The molecule has 6 aliphatic rings. The van der Waals surface area contributed by atoms with Crippen molar-refractivity contribution in [1.29, 1.82) is 0 Å². The summed E-state index contributed by atoms with van der Waals surface area (Å²) in [6, 6.07) is 0. The largest absolute Gasteiger partial charge is 0.355 e. The molecule has 0 radical (unpaired) electrons. The van der Waals surface area contributed by atoms with Gasteiger partial charge < -0.3 is 10.2 Å². The third-order valence-corrected chi connectivity index (χ3v) is 8.72. The van der Waals surface area contributed by atoms with Gasteiger partial charge in [0.15, 0.2) is 0 Å². The molecule has 1 saturated heterocycles. The zero-order valence-corrected chi connectivity index (χ0v) is 17.3. The lowest BCUT2D eigenvalue weighted by molar-refractivity contribution is -0.146. The second-order valence-corrected chi connectivity index (χ2v) is 10.8. The molecule has 0 aromatic carbocycles. The number of nitrogens with one attached hydrogen (secondary N) is 1. The molecule has 1 unspecified atom stereocenters. The highest BCUT2D eigenvalue weighted by Gasteiger charge is 2.54. The number of amides is 2. The molecule has 28 heavy (non-hydrogen) atoms. The molecular weight excluding hydrogens is 348 g/mol. The van der Waals surface area contributed by atoms with Gasteiger partial charge in [-0.05, 0) is 93.8 Å². The number of rotatable bonds is 4. The molecule has 4 saturated carbocycles. The van der Waals surface area contributed by atoms with E-state index in [0.717, 1.165) is 69.4 Å². The van der Waals surface area contributed by atoms with Crippen LogP contribution in [0.25, 0.3) is 0 Å². The van der Waals surface area contributed by atoms with Gasteiger partial charge in [0.25, 0.3) is 0 Å². The molecule has 4 bridgehead atoms. The first kappa shape index (κ1) is 18.7. The molecular formula is C24H36N2O2. The molecule has 2 amide bonds. The lowest BCUT2D eigenvalue weighted by Crippen LogP contribution is -2.54. The lowest BCUT2D eigenvalue weighted by Gasteiger charge is -2.55. The normalized spacial score (nSPS) is 41.4. The van der Waals surface area contributed by atoms with Gasteiger partial charge in [0, 0.05) is 31.5 Å². The third-order valence-electron chi connectivity index (χ3n) is 8.72. The first-order chi connectivity index (χ1) is 13.6. The maximum atomic E-state index is 13.1. The van der Waals surface area contributed by atoms with Crippen molar-refractivity contribution in [3.63, 3.8) is 0 Å². The van der Waals surface area contributed by atoms with Crippen LogP contribution in [0.2, 0.25) is 0 Å². The molecule has 0 aromatic rings. The fourth-order valence-corrected chi connectivity index (χ4v) is 7.75. The number of hydrogen-bond donors (Lipinski definition) is 1. The van der Waals surface area contributed by atoms with E-state index in [9.17, 15) is 9.59 Å². The number of carbonyl (C=O) groups is 2. The first-order valence-electron chi connectivity index (χ1n) is 11.8. The average Bonchev–Trinajstić information content (AvgIpc) is 2.67. The molecule has 4 nitrogen and oxygen atoms in total. The van der Waals surface area contributed by atoms with Crippen molar-refractivity contribution in [2.24, 2.45) is 28.6 Å². The molecule has 5 fully saturated rings. The van der Waals surface area contributed by atoms with Crippen molar-refractivity contribution >= 4 is 11.8 Å². The van der Waals surface area contributed by atoms with E-state index in [1.54, 1.807) is 0 Å². The van der Waals surface area contributed by atoms with Crippen LogP contribution in [0.4, 0.5) is 0 Å². The highest BCUT2D eigenvalue weighted by Crippen LogP contribution is 2.60. The maximum Gasteiger partial charge on any atom is 0.226 e. The van der Waals surface area contributed by atoms with E-state index in [4.69, 9.17) is 0 Å². The quantitative estimate of drug-likeness (QED) is 0.743. The van der Waals surface area contributed by atoms with Gasteiger partial charge in [0.2, 0.25) is 11.8 Å². The van der Waals surface area contributed by atoms with Crippen molar-refractivity contribution in [2.75, 3.05) is 19.6 Å². The zero-order valence-electron chi connectivity index (χ0n) is 17.3. The molecule has 4 heteroatoms. The maximum absolute atomic E-state index is 13.1. The van der Waals surface area contributed by atoms with Crippen LogP contribution in [0.3, 0.4) is 0 Å². The van der Waals surface area contributed by atoms with Crippen molar-refractivity contribution in [1.82, 2.24) is 10.2 Å². The number of allylic oxidation sites excluding steroid dienone is 2. The molecule has 1 spiro atoms. The molecule has 5 aliphatic carbocycles. The van der Waals surface area contributed by atoms with Gasteiger partial charge >= 0.3 is 0 Å². The predicted molar refractivity (Wildman–Crippen MR) is 109 cm³/mol. The van der Waals surface area contributed by atoms with Crippen molar-refractivity contribution in [3.8, 4) is 0 Å². The Morgan fingerprint density at radius 1 is 1.00 bits per heavy atom. The minimum Gasteiger partial charge on any atom is -0.355 e. The van der Waals surface area contributed by atoms with Crippen LogP contribution in [0.1, 0.15) is 77.0 Å². The summed E-state index contributed by atoms with van der Waals surface area (Å²) >= 11 is 0. The van der Waals surface area contributed by atoms with E-state index in [1.807, 2.05) is 0 Å². The zero-order chi connectivity index (χ0) is 19.2. The summed E-state index contributed by atoms with van der Waals surface area (Å²) < 4.78 is 0. The second kappa shape index (κ2) is 7.18. The summed E-state index contributed by atoms with van der Waals surface area (Å²) in [7, 11) is 0. The standard InChI is InChI=1S/C24H36N2O2/c27-21(26-10-4-8-23(17-26)6-2-1-3-7-23)5-9-25-22(28)24-14-18-11-19(15-24)13-20(12-18)16-24/h1-2,18-20H,3-17H2,(H,25,28). The van der Waals surface area contributed by atoms with Crippen molar-refractivity contribution in [3.05, 3.63) is 12.2 Å². The average molecular weight is 385 g/mol. The summed E-state index contributed by atoms with van der Waals surface area (Å²) in [5.41, 5.74) is 0.229. The minimum atomic E-state index is -0.0958. The Morgan fingerprint density at radius 3 is 2.36 bits per heavy atom. The summed E-state index contributed by atoms with van der Waals surface area (Å²) in [6.45, 7) is 2.33. The van der Waals surface area contributed by atoms with Crippen LogP contribution < -0.4 is 5.32 Å². The van der Waals surface area contributed by atoms with Gasteiger partial charge in [0.05, 0.1) is 0 Å². The SMILES string of the molecule is O=C(CCNC(=O)C12CC3CC(CC(C3)C1)C2)N1CCCC2(CC=CCC2)C1. The lowest BCUT2D eigenvalue weighted by atomic mass is 9.49. The molecule has 6 rings (SSSR count). The smallest absolute Gasteiger partial charge is 0.226 e. The van der Waals surface area contributed by atoms with Crippen molar-refractivity contribution < 1.29 is 9.59 Å². The van der Waals surface area contributed by atoms with E-state index in [0.29, 0.717) is 18.4 Å². The van der Waals surface area contributed by atoms with Gasteiger partial charge in [-0.15, -0.1) is 0 Å². The van der Waals surface area contributed by atoms with Crippen LogP contribution in [0.15, 0.2) is 12.2 Å². The Bertz CT molecular complexity index is 634. The molecule has 1 heterocycles. The van der Waals surface area contributed by atoms with E-state index >= 15 is 0 Å². The Morgan fingerprint density at radius 2 is 1.71 bits per heavy atom. The van der Waals surface area contributed by atoms with Gasteiger partial charge in [-0.1, -0.05) is 12.2 Å². The summed E-state index contributed by atoms with van der Waals surface area (Å²) in [5.74, 6) is 2.85. The van der Waals surface area contributed by atoms with E-state index in [2.05, 4.69) is 22.4 Å². The highest BCUT2D eigenvalue weighted by molar-refractivity contribution is 5.84. The molecule has 154 valence electrons. The second-order valence-electron chi connectivity index (χ2n) is 10.8. The topological polar surface area (TPSA) is 49.4 Å². The summed E-state index contributed by atoms with van der Waals surface area (Å²) in [4.78, 5) is 27.9. The van der Waals surface area contributed by atoms with E-state index < -0.39 is 0 Å². The number of piperidine rings is 1. The first-order valence-corrected chi connectivity index (χ1v) is 11.8. The van der Waals surface area contributed by atoms with Crippen LogP contribution in [0.5, 0.6) is 0 Å². The van der Waals surface area contributed by atoms with E-state index in [1.165, 1.54) is 32.1 Å². The van der Waals surface area contributed by atoms with Crippen molar-refractivity contribution in [2.45, 2.75) is 77.0 Å². The fraction of sp³-hybridized carbons (Fsp3) is 0.833. The van der Waals surface area contributed by atoms with Crippen LogP contribution in [-0.2, 0) is 9.59 Å². The third kappa shape index (κ3) is 3.41. The minimum absolute atomic E-state index is 0.0958. The van der Waals surface area contributed by atoms with Crippen LogP contribution in [0, 0.1) is 28.6 Å². The highest BCUT2D eigenvalue weighted by atomic mass is 16.2. The number of nitrogens with zero attached hydrogens (tertiary/aromatic N) is 1. The molecule has 0 aromatic heterocycles. The van der Waals surface area contributed by atoms with Gasteiger partial charge in [-0.2, -0.15) is 0 Å². The molecule has 1 aliphatic heterocycles. The molecule has 1 N–H and O–H groups in total. The monoisotopic (exact) mass is 384 g/mol. The van der Waals surface area contributed by atoms with Crippen LogP contribution >= 0.6 is 0 Å². The van der Waals surface area contributed by atoms with Gasteiger partial charge in [-0.25, -0.2) is 0 Å². The number of carbonyl (C=O) groups excluding carboxylic acids is 2. The van der Waals surface area contributed by atoms with E-state index in [-0.39, 0.29) is 17.2 Å². The summed E-state index contributed by atoms with van der Waals surface area (Å²) in [6.07, 6.45) is 18.3. The van der Waals surface area contributed by atoms with Gasteiger partial charge in [-0.3, -0.25) is 9.59 Å². The van der Waals surface area contributed by atoms with Gasteiger partial charge in [0.1, 0.15) is 0 Å².